The molecule has 5 rings (SSSR count). The number of pyridine rings is 1. The first kappa shape index (κ1) is 17.1. The molecule has 3 aromatic rings. The maximum atomic E-state index is 4.79. The highest BCUT2D eigenvalue weighted by Gasteiger charge is 2.20. The van der Waals surface area contributed by atoms with Crippen molar-refractivity contribution in [1.82, 2.24) is 29.6 Å². The minimum absolute atomic E-state index is 0.623. The summed E-state index contributed by atoms with van der Waals surface area (Å²) >= 11 is 0. The Labute approximate surface area is 164 Å². The fourth-order valence-electron chi connectivity index (χ4n) is 3.92. The number of hydrogen-bond acceptors (Lipinski definition) is 7. The first-order chi connectivity index (χ1) is 13.6. The summed E-state index contributed by atoms with van der Waals surface area (Å²) < 4.78 is 1.83. The van der Waals surface area contributed by atoms with Crippen molar-refractivity contribution in [1.29, 1.82) is 0 Å². The molecule has 8 nitrogen and oxygen atoms in total. The van der Waals surface area contributed by atoms with Gasteiger partial charge in [-0.3, -0.25) is 9.67 Å². The fraction of sp³-hybridized carbons (Fsp3) is 0.400. The number of aryl methyl sites for hydroxylation is 1. The number of nitrogens with one attached hydrogen (secondary N) is 1. The topological polar surface area (TPSA) is 75.0 Å². The largest absolute Gasteiger partial charge is 0.363 e. The average Bonchev–Trinajstić information content (AvgIpc) is 3.13. The molecule has 2 aliphatic rings. The molecule has 5 heterocycles. The number of nitrogens with zero attached hydrogens (tertiary/aromatic N) is 7. The molecule has 0 spiro atoms. The minimum Gasteiger partial charge on any atom is -0.363 e. The van der Waals surface area contributed by atoms with E-state index in [4.69, 9.17) is 4.98 Å². The van der Waals surface area contributed by atoms with Crippen molar-refractivity contribution in [3.63, 3.8) is 0 Å². The Balaban J connectivity index is 1.36. The Bertz CT molecular complexity index is 1010. The van der Waals surface area contributed by atoms with Gasteiger partial charge in [0.25, 0.3) is 0 Å². The zero-order valence-electron chi connectivity index (χ0n) is 16.3. The van der Waals surface area contributed by atoms with Crippen LogP contribution < -0.4 is 10.2 Å². The Morgan fingerprint density at radius 2 is 1.86 bits per heavy atom. The van der Waals surface area contributed by atoms with E-state index in [1.54, 1.807) is 0 Å². The van der Waals surface area contributed by atoms with Crippen LogP contribution in [0.4, 0.5) is 17.3 Å². The first-order valence-electron chi connectivity index (χ1n) is 9.66. The Morgan fingerprint density at radius 1 is 0.929 bits per heavy atom. The number of likely N-dealkylation sites (N-methyl/N-ethyl adjacent to an activating group) is 1. The molecule has 0 unspecified atom stereocenters. The second-order valence-electron chi connectivity index (χ2n) is 7.65. The van der Waals surface area contributed by atoms with Crippen molar-refractivity contribution in [2.75, 3.05) is 30.4 Å². The van der Waals surface area contributed by atoms with Crippen molar-refractivity contribution >= 4 is 17.3 Å². The number of aromatic nitrogens is 5. The molecular weight excluding hydrogens is 352 g/mol. The predicted molar refractivity (Wildman–Crippen MR) is 108 cm³/mol. The van der Waals surface area contributed by atoms with Gasteiger partial charge in [0.15, 0.2) is 0 Å². The van der Waals surface area contributed by atoms with Gasteiger partial charge < -0.3 is 15.1 Å². The van der Waals surface area contributed by atoms with Gasteiger partial charge in [0.2, 0.25) is 5.95 Å². The molecule has 8 heteroatoms. The second kappa shape index (κ2) is 6.87. The summed E-state index contributed by atoms with van der Waals surface area (Å²) in [5, 5.41) is 7.62. The third-order valence-electron chi connectivity index (χ3n) is 5.49. The van der Waals surface area contributed by atoms with E-state index in [0.29, 0.717) is 5.95 Å². The van der Waals surface area contributed by atoms with Crippen molar-refractivity contribution < 1.29 is 0 Å². The van der Waals surface area contributed by atoms with Gasteiger partial charge in [-0.2, -0.15) is 5.10 Å². The molecular formula is C20H24N8. The van der Waals surface area contributed by atoms with Crippen LogP contribution in [-0.4, -0.2) is 49.8 Å². The molecule has 1 N–H and O–H groups in total. The van der Waals surface area contributed by atoms with E-state index in [2.05, 4.69) is 43.3 Å². The summed E-state index contributed by atoms with van der Waals surface area (Å²) in [6, 6.07) is 2.17. The number of fused-ring (bicyclic) bond motifs is 2. The molecule has 0 radical (unpaired) electrons. The SMILES string of the molecule is CN1CCc2ncc(Nc3ncc4c(n3)CN(c3cnn(C)c3)CC4)cc2C1. The van der Waals surface area contributed by atoms with Crippen LogP contribution >= 0.6 is 0 Å². The molecule has 0 atom stereocenters. The molecule has 0 aliphatic carbocycles. The Kier molecular flexibility index (Phi) is 4.20. The predicted octanol–water partition coefficient (Wildman–Crippen LogP) is 1.90. The van der Waals surface area contributed by atoms with Crippen LogP contribution in [0.25, 0.3) is 0 Å². The lowest BCUT2D eigenvalue weighted by atomic mass is 10.1. The molecule has 0 bridgehead atoms. The van der Waals surface area contributed by atoms with E-state index in [1.807, 2.05) is 36.5 Å². The zero-order chi connectivity index (χ0) is 19.1. The number of rotatable bonds is 3. The van der Waals surface area contributed by atoms with Gasteiger partial charge in [0.1, 0.15) is 0 Å². The third kappa shape index (κ3) is 3.31. The summed E-state index contributed by atoms with van der Waals surface area (Å²) in [4.78, 5) is 18.6. The van der Waals surface area contributed by atoms with E-state index in [-0.39, 0.29) is 0 Å². The van der Waals surface area contributed by atoms with Crippen LogP contribution in [-0.2, 0) is 33.0 Å². The van der Waals surface area contributed by atoms with Crippen molar-refractivity contribution in [3.05, 3.63) is 53.4 Å². The molecule has 28 heavy (non-hydrogen) atoms. The number of anilines is 3. The monoisotopic (exact) mass is 376 g/mol. The van der Waals surface area contributed by atoms with E-state index in [9.17, 15) is 0 Å². The van der Waals surface area contributed by atoms with Gasteiger partial charge in [-0.25, -0.2) is 9.97 Å². The smallest absolute Gasteiger partial charge is 0.227 e. The average molecular weight is 376 g/mol. The van der Waals surface area contributed by atoms with Crippen LogP contribution in [0.3, 0.4) is 0 Å². The molecule has 2 aliphatic heterocycles. The summed E-state index contributed by atoms with van der Waals surface area (Å²) in [6.07, 6.45) is 9.73. The highest BCUT2D eigenvalue weighted by Crippen LogP contribution is 2.25. The van der Waals surface area contributed by atoms with Gasteiger partial charge in [0.05, 0.1) is 36.0 Å². The number of hydrogen-bond donors (Lipinski definition) is 1. The summed E-state index contributed by atoms with van der Waals surface area (Å²) in [5.41, 5.74) is 6.83. The third-order valence-corrected chi connectivity index (χ3v) is 5.49. The highest BCUT2D eigenvalue weighted by atomic mass is 15.3. The van der Waals surface area contributed by atoms with E-state index < -0.39 is 0 Å². The van der Waals surface area contributed by atoms with Crippen LogP contribution in [0.1, 0.15) is 22.5 Å². The second-order valence-corrected chi connectivity index (χ2v) is 7.65. The summed E-state index contributed by atoms with van der Waals surface area (Å²) in [6.45, 7) is 3.72. The minimum atomic E-state index is 0.623. The van der Waals surface area contributed by atoms with Gasteiger partial charge in [0, 0.05) is 51.2 Å². The highest BCUT2D eigenvalue weighted by molar-refractivity contribution is 5.55. The van der Waals surface area contributed by atoms with Gasteiger partial charge in [-0.05, 0) is 30.7 Å². The fourth-order valence-corrected chi connectivity index (χ4v) is 3.92. The molecule has 0 saturated carbocycles. The molecule has 3 aromatic heterocycles. The zero-order valence-corrected chi connectivity index (χ0v) is 16.3. The van der Waals surface area contributed by atoms with E-state index in [0.717, 1.165) is 56.1 Å². The molecule has 0 aromatic carbocycles. The van der Waals surface area contributed by atoms with Crippen molar-refractivity contribution in [2.45, 2.75) is 25.9 Å². The van der Waals surface area contributed by atoms with Crippen LogP contribution in [0, 0.1) is 0 Å². The summed E-state index contributed by atoms with van der Waals surface area (Å²) in [7, 11) is 4.08. The normalized spacial score (nSPS) is 16.6. The Hall–Kier alpha value is -3.00. The van der Waals surface area contributed by atoms with Crippen LogP contribution in [0.5, 0.6) is 0 Å². The van der Waals surface area contributed by atoms with Gasteiger partial charge >= 0.3 is 0 Å². The molecule has 144 valence electrons. The van der Waals surface area contributed by atoms with Gasteiger partial charge in [-0.15, -0.1) is 0 Å². The first-order valence-corrected chi connectivity index (χ1v) is 9.66. The van der Waals surface area contributed by atoms with Crippen LogP contribution in [0.2, 0.25) is 0 Å². The Morgan fingerprint density at radius 3 is 2.71 bits per heavy atom. The molecule has 0 fully saturated rings. The van der Waals surface area contributed by atoms with Crippen molar-refractivity contribution in [2.24, 2.45) is 7.05 Å². The summed E-state index contributed by atoms with van der Waals surface area (Å²) in [5.74, 6) is 0.623. The maximum Gasteiger partial charge on any atom is 0.227 e. The van der Waals surface area contributed by atoms with Crippen molar-refractivity contribution in [3.8, 4) is 0 Å². The van der Waals surface area contributed by atoms with Gasteiger partial charge in [-0.1, -0.05) is 0 Å². The molecule has 0 saturated heterocycles. The lowest BCUT2D eigenvalue weighted by Crippen LogP contribution is -2.31. The molecule has 0 amide bonds. The van der Waals surface area contributed by atoms with E-state index in [1.165, 1.54) is 16.8 Å². The quantitative estimate of drug-likeness (QED) is 0.748. The lowest BCUT2D eigenvalue weighted by molar-refractivity contribution is 0.310. The maximum absolute atomic E-state index is 4.79. The lowest BCUT2D eigenvalue weighted by Gasteiger charge is -2.28. The standard InChI is InChI=1S/C20H24N8/c1-26-5-4-18-15(11-26)7-16(9-21-18)24-20-22-8-14-3-6-28(13-19(14)25-20)17-10-23-27(2)12-17/h7-10,12H,3-6,11,13H2,1-2H3,(H,22,24,25). The van der Waals surface area contributed by atoms with Crippen LogP contribution in [0.15, 0.2) is 30.9 Å². The van der Waals surface area contributed by atoms with E-state index >= 15 is 0 Å².